The number of carbonyl (C=O) groups is 1. The molecule has 4 rings (SSSR count). The van der Waals surface area contributed by atoms with Gasteiger partial charge in [0.1, 0.15) is 11.6 Å². The molecule has 0 spiro atoms. The Morgan fingerprint density at radius 1 is 1.23 bits per heavy atom. The van der Waals surface area contributed by atoms with Crippen molar-refractivity contribution in [1.29, 1.82) is 5.26 Å². The van der Waals surface area contributed by atoms with Gasteiger partial charge in [-0.05, 0) is 36.5 Å². The molecule has 2 heterocycles. The molecule has 0 aromatic heterocycles. The van der Waals surface area contributed by atoms with Crippen molar-refractivity contribution in [1.82, 2.24) is 10.0 Å². The molecule has 164 valence electrons. The monoisotopic (exact) mass is 422 g/mol. The Kier molecular flexibility index (Phi) is 5.78. The maximum atomic E-state index is 13.5. The summed E-state index contributed by atoms with van der Waals surface area (Å²) in [4.78, 5) is 13.5. The molecule has 0 saturated carbocycles. The lowest BCUT2D eigenvalue weighted by Gasteiger charge is -2.48. The highest BCUT2D eigenvalue weighted by atomic mass is 16.5. The number of allylic oxidation sites excluding steroid dienone is 3. The first-order chi connectivity index (χ1) is 14.9. The van der Waals surface area contributed by atoms with E-state index in [2.05, 4.69) is 24.9 Å². The number of nitriles is 1. The lowest BCUT2D eigenvalue weighted by atomic mass is 9.69. The zero-order chi connectivity index (χ0) is 22.2. The standard InChI is InChI=1S/C24H30N4O3/c1-4-31-17-7-5-16(6-8-17)21-18(15-25)23(26)28(27-9-11-30-12-10-27)19-13-24(2,3)14-20(29)22(19)21/h5-8,21H,4,9-14,26H2,1-3H3. The molecule has 1 aromatic rings. The third kappa shape index (κ3) is 3.93. The molecule has 7 heteroatoms. The van der Waals surface area contributed by atoms with Gasteiger partial charge in [0.15, 0.2) is 5.78 Å². The number of ether oxygens (including phenoxy) is 2. The SMILES string of the molecule is CCOc1ccc(C2C(C#N)=C(N)N(N3CCOCC3)C3=C2C(=O)CC(C)(C)C3)cc1. The summed E-state index contributed by atoms with van der Waals surface area (Å²) in [7, 11) is 0. The highest BCUT2D eigenvalue weighted by Gasteiger charge is 2.45. The van der Waals surface area contributed by atoms with Crippen LogP contribution in [0.5, 0.6) is 5.75 Å². The highest BCUT2D eigenvalue weighted by Crippen LogP contribution is 2.49. The van der Waals surface area contributed by atoms with Crippen molar-refractivity contribution in [3.05, 3.63) is 52.5 Å². The predicted molar refractivity (Wildman–Crippen MR) is 116 cm³/mol. The number of nitrogens with zero attached hydrogens (tertiary/aromatic N) is 3. The van der Waals surface area contributed by atoms with E-state index in [0.29, 0.717) is 56.3 Å². The molecule has 2 N–H and O–H groups in total. The fourth-order valence-electron chi connectivity index (χ4n) is 4.83. The molecular formula is C24H30N4O3. The molecule has 0 radical (unpaired) electrons. The minimum absolute atomic E-state index is 0.0867. The second-order valence-corrected chi connectivity index (χ2v) is 9.02. The van der Waals surface area contributed by atoms with Crippen molar-refractivity contribution in [2.24, 2.45) is 11.1 Å². The van der Waals surface area contributed by atoms with Gasteiger partial charge in [-0.25, -0.2) is 5.01 Å². The number of carbonyl (C=O) groups excluding carboxylic acids is 1. The largest absolute Gasteiger partial charge is 0.494 e. The Hall–Kier alpha value is -2.82. The molecule has 2 aliphatic heterocycles. The lowest BCUT2D eigenvalue weighted by molar-refractivity contribution is -0.119. The van der Waals surface area contributed by atoms with Crippen molar-refractivity contribution >= 4 is 5.78 Å². The number of Topliss-reactive ketones (excluding diaryl/α,β-unsaturated/α-hetero) is 1. The maximum Gasteiger partial charge on any atom is 0.162 e. The summed E-state index contributed by atoms with van der Waals surface area (Å²) in [6.45, 7) is 9.25. The zero-order valence-corrected chi connectivity index (χ0v) is 18.5. The summed E-state index contributed by atoms with van der Waals surface area (Å²) >= 11 is 0. The molecule has 1 aromatic carbocycles. The van der Waals surface area contributed by atoms with Gasteiger partial charge in [0.2, 0.25) is 0 Å². The fourth-order valence-corrected chi connectivity index (χ4v) is 4.83. The summed E-state index contributed by atoms with van der Waals surface area (Å²) in [5.74, 6) is 0.797. The summed E-state index contributed by atoms with van der Waals surface area (Å²) in [6.07, 6.45) is 1.17. The number of nitrogens with two attached hydrogens (primary N) is 1. The van der Waals surface area contributed by atoms with Crippen molar-refractivity contribution in [3.8, 4) is 11.8 Å². The second-order valence-electron chi connectivity index (χ2n) is 9.02. The molecule has 1 unspecified atom stereocenters. The van der Waals surface area contributed by atoms with Gasteiger partial charge in [0.25, 0.3) is 0 Å². The number of hydrogen-bond acceptors (Lipinski definition) is 7. The van der Waals surface area contributed by atoms with Crippen LogP contribution in [0.1, 0.15) is 45.1 Å². The second kappa shape index (κ2) is 8.37. The van der Waals surface area contributed by atoms with Crippen LogP contribution in [0.15, 0.2) is 46.9 Å². The Morgan fingerprint density at radius 3 is 2.52 bits per heavy atom. The quantitative estimate of drug-likeness (QED) is 0.797. The third-order valence-corrected chi connectivity index (χ3v) is 6.15. The van der Waals surface area contributed by atoms with Crippen LogP contribution in [0, 0.1) is 16.7 Å². The summed E-state index contributed by atoms with van der Waals surface area (Å²) in [5.41, 5.74) is 9.38. The Labute approximate surface area is 183 Å². The molecule has 0 amide bonds. The van der Waals surface area contributed by atoms with Crippen LogP contribution in [0.3, 0.4) is 0 Å². The number of ketones is 1. The van der Waals surface area contributed by atoms with Crippen LogP contribution in [0.4, 0.5) is 0 Å². The fraction of sp³-hybridized carbons (Fsp3) is 0.500. The average molecular weight is 423 g/mol. The van der Waals surface area contributed by atoms with Crippen LogP contribution in [0.25, 0.3) is 0 Å². The molecule has 1 aliphatic carbocycles. The Bertz CT molecular complexity index is 966. The van der Waals surface area contributed by atoms with E-state index in [1.807, 2.05) is 36.2 Å². The molecule has 3 aliphatic rings. The van der Waals surface area contributed by atoms with E-state index in [0.717, 1.165) is 23.4 Å². The predicted octanol–water partition coefficient (Wildman–Crippen LogP) is 3.07. The molecule has 1 fully saturated rings. The number of benzene rings is 1. The normalized spacial score (nSPS) is 24.1. The molecule has 7 nitrogen and oxygen atoms in total. The van der Waals surface area contributed by atoms with Gasteiger partial charge in [-0.3, -0.25) is 9.80 Å². The first-order valence-electron chi connectivity index (χ1n) is 10.9. The minimum atomic E-state index is -0.462. The van der Waals surface area contributed by atoms with E-state index in [9.17, 15) is 10.1 Å². The number of morpholine rings is 1. The summed E-state index contributed by atoms with van der Waals surface area (Å²) in [5, 5.41) is 14.1. The maximum absolute atomic E-state index is 13.5. The third-order valence-electron chi connectivity index (χ3n) is 6.15. The topological polar surface area (TPSA) is 91.8 Å². The average Bonchev–Trinajstić information content (AvgIpc) is 2.73. The van der Waals surface area contributed by atoms with E-state index in [4.69, 9.17) is 15.2 Å². The van der Waals surface area contributed by atoms with Crippen LogP contribution in [-0.4, -0.2) is 48.7 Å². The van der Waals surface area contributed by atoms with Crippen LogP contribution in [0.2, 0.25) is 0 Å². The van der Waals surface area contributed by atoms with Crippen molar-refractivity contribution in [3.63, 3.8) is 0 Å². The number of hydrogen-bond donors (Lipinski definition) is 1. The van der Waals surface area contributed by atoms with Crippen molar-refractivity contribution in [2.45, 2.75) is 39.5 Å². The first-order valence-corrected chi connectivity index (χ1v) is 10.9. The first kappa shape index (κ1) is 21.4. The van der Waals surface area contributed by atoms with Gasteiger partial charge in [-0.2, -0.15) is 5.26 Å². The molecular weight excluding hydrogens is 392 g/mol. The van der Waals surface area contributed by atoms with E-state index >= 15 is 0 Å². The van der Waals surface area contributed by atoms with Gasteiger partial charge < -0.3 is 15.2 Å². The van der Waals surface area contributed by atoms with Gasteiger partial charge >= 0.3 is 0 Å². The van der Waals surface area contributed by atoms with E-state index in [1.165, 1.54) is 0 Å². The van der Waals surface area contributed by atoms with E-state index in [-0.39, 0.29) is 11.2 Å². The zero-order valence-electron chi connectivity index (χ0n) is 18.5. The van der Waals surface area contributed by atoms with Crippen LogP contribution >= 0.6 is 0 Å². The lowest BCUT2D eigenvalue weighted by Crippen LogP contribution is -2.53. The molecule has 1 saturated heterocycles. The molecule has 0 bridgehead atoms. The Morgan fingerprint density at radius 2 is 1.90 bits per heavy atom. The van der Waals surface area contributed by atoms with Gasteiger partial charge in [-0.15, -0.1) is 0 Å². The number of hydrazine groups is 1. The number of rotatable bonds is 4. The van der Waals surface area contributed by atoms with Crippen molar-refractivity contribution < 1.29 is 14.3 Å². The smallest absolute Gasteiger partial charge is 0.162 e. The van der Waals surface area contributed by atoms with E-state index in [1.54, 1.807) is 0 Å². The minimum Gasteiger partial charge on any atom is -0.494 e. The highest BCUT2D eigenvalue weighted by molar-refractivity contribution is 6.00. The van der Waals surface area contributed by atoms with Gasteiger partial charge in [-0.1, -0.05) is 26.0 Å². The van der Waals surface area contributed by atoms with E-state index < -0.39 is 5.92 Å². The Balaban J connectivity index is 1.86. The summed E-state index contributed by atoms with van der Waals surface area (Å²) < 4.78 is 11.1. The summed E-state index contributed by atoms with van der Waals surface area (Å²) in [6, 6.07) is 9.96. The van der Waals surface area contributed by atoms with Gasteiger partial charge in [0, 0.05) is 30.8 Å². The molecule has 31 heavy (non-hydrogen) atoms. The van der Waals surface area contributed by atoms with Gasteiger partial charge in [0.05, 0.1) is 37.4 Å². The van der Waals surface area contributed by atoms with Crippen LogP contribution < -0.4 is 10.5 Å². The van der Waals surface area contributed by atoms with Crippen molar-refractivity contribution in [2.75, 3.05) is 32.9 Å². The van der Waals surface area contributed by atoms with Crippen LogP contribution in [-0.2, 0) is 9.53 Å². The molecule has 1 atom stereocenters.